The first-order chi connectivity index (χ1) is 12.5. The molecule has 0 saturated carbocycles. The van der Waals surface area contributed by atoms with Crippen molar-refractivity contribution < 1.29 is 4.92 Å². The molecule has 0 amide bonds. The summed E-state index contributed by atoms with van der Waals surface area (Å²) in [4.78, 5) is 30.4. The van der Waals surface area contributed by atoms with Crippen LogP contribution < -0.4 is 15.0 Å². The van der Waals surface area contributed by atoms with Crippen LogP contribution in [0.25, 0.3) is 22.1 Å². The van der Waals surface area contributed by atoms with Crippen LogP contribution in [0.2, 0.25) is 0 Å². The smallest absolute Gasteiger partial charge is 0.293 e. The van der Waals surface area contributed by atoms with Crippen LogP contribution in [0.3, 0.4) is 0 Å². The zero-order valence-electron chi connectivity index (χ0n) is 14.0. The lowest BCUT2D eigenvalue weighted by atomic mass is 10.1. The van der Waals surface area contributed by atoms with Crippen LogP contribution in [0.15, 0.2) is 47.3 Å². The number of nitro groups is 1. The molecule has 2 aromatic carbocycles. The van der Waals surface area contributed by atoms with Crippen molar-refractivity contribution in [1.29, 1.82) is 0 Å². The number of para-hydroxylation sites is 2. The van der Waals surface area contributed by atoms with Gasteiger partial charge in [-0.05, 0) is 29.8 Å². The number of fused-ring (bicyclic) bond motifs is 3. The van der Waals surface area contributed by atoms with Gasteiger partial charge in [0.1, 0.15) is 5.69 Å². The summed E-state index contributed by atoms with van der Waals surface area (Å²) in [6.07, 6.45) is 1.67. The topological polar surface area (TPSA) is 80.8 Å². The molecular formula is C18H14N4O3S. The molecule has 8 heteroatoms. The van der Waals surface area contributed by atoms with Gasteiger partial charge in [0.05, 0.1) is 20.5 Å². The van der Waals surface area contributed by atoms with E-state index in [1.54, 1.807) is 41.6 Å². The van der Waals surface area contributed by atoms with Gasteiger partial charge in [0.2, 0.25) is 0 Å². The van der Waals surface area contributed by atoms with Gasteiger partial charge in [-0.1, -0.05) is 29.5 Å². The molecule has 130 valence electrons. The van der Waals surface area contributed by atoms with Gasteiger partial charge in [-0.15, -0.1) is 0 Å². The zero-order valence-corrected chi connectivity index (χ0v) is 14.9. The number of hydrogen-bond acceptors (Lipinski definition) is 6. The van der Waals surface area contributed by atoms with Gasteiger partial charge in [0.25, 0.3) is 11.2 Å². The van der Waals surface area contributed by atoms with Crippen molar-refractivity contribution in [3.63, 3.8) is 0 Å². The highest BCUT2D eigenvalue weighted by atomic mass is 32.1. The normalized spacial score (nSPS) is 12.2. The Morgan fingerprint density at radius 1 is 1.23 bits per heavy atom. The van der Waals surface area contributed by atoms with Crippen molar-refractivity contribution in [3.8, 4) is 0 Å². The molecule has 26 heavy (non-hydrogen) atoms. The number of nitro benzene ring substituents is 1. The Hall–Kier alpha value is -3.26. The fourth-order valence-electron chi connectivity index (χ4n) is 2.92. The molecule has 0 bridgehead atoms. The molecule has 0 saturated heterocycles. The first-order valence-corrected chi connectivity index (χ1v) is 8.65. The quantitative estimate of drug-likeness (QED) is 0.411. The van der Waals surface area contributed by atoms with E-state index in [1.807, 2.05) is 24.3 Å². The van der Waals surface area contributed by atoms with Gasteiger partial charge in [-0.2, -0.15) is 0 Å². The molecule has 2 heterocycles. The summed E-state index contributed by atoms with van der Waals surface area (Å²) in [5.74, 6) is 0. The SMILES string of the molecule is CN(C)c1ccc(C=c2sc3nc4ccccc4n3c2=O)cc1[N+](=O)[O-]. The van der Waals surface area contributed by atoms with Crippen LogP contribution >= 0.6 is 11.3 Å². The lowest BCUT2D eigenvalue weighted by Crippen LogP contribution is -2.22. The molecule has 0 aliphatic rings. The lowest BCUT2D eigenvalue weighted by molar-refractivity contribution is -0.384. The number of nitrogens with zero attached hydrogens (tertiary/aromatic N) is 4. The molecule has 0 fully saturated rings. The summed E-state index contributed by atoms with van der Waals surface area (Å²) in [5, 5.41) is 11.3. The average molecular weight is 366 g/mol. The van der Waals surface area contributed by atoms with Crippen LogP contribution in [-0.4, -0.2) is 28.4 Å². The summed E-state index contributed by atoms with van der Waals surface area (Å²) in [7, 11) is 3.50. The van der Waals surface area contributed by atoms with Crippen LogP contribution in [0.4, 0.5) is 11.4 Å². The maximum atomic E-state index is 12.8. The largest absolute Gasteiger partial charge is 0.372 e. The summed E-state index contributed by atoms with van der Waals surface area (Å²) in [6.45, 7) is 0. The summed E-state index contributed by atoms with van der Waals surface area (Å²) in [5.41, 5.74) is 2.49. The van der Waals surface area contributed by atoms with Gasteiger partial charge in [0, 0.05) is 20.2 Å². The minimum Gasteiger partial charge on any atom is -0.372 e. The Balaban J connectivity index is 1.91. The first kappa shape index (κ1) is 16.2. The van der Waals surface area contributed by atoms with Gasteiger partial charge >= 0.3 is 0 Å². The van der Waals surface area contributed by atoms with E-state index in [0.717, 1.165) is 11.0 Å². The lowest BCUT2D eigenvalue weighted by Gasteiger charge is -2.12. The summed E-state index contributed by atoms with van der Waals surface area (Å²) >= 11 is 1.27. The zero-order chi connectivity index (χ0) is 18.4. The van der Waals surface area contributed by atoms with E-state index >= 15 is 0 Å². The molecule has 2 aromatic heterocycles. The highest BCUT2D eigenvalue weighted by Crippen LogP contribution is 2.28. The fraction of sp³-hybridized carbons (Fsp3) is 0.111. The van der Waals surface area contributed by atoms with Crippen LogP contribution in [0.5, 0.6) is 0 Å². The predicted molar refractivity (Wildman–Crippen MR) is 103 cm³/mol. The molecule has 0 N–H and O–H groups in total. The van der Waals surface area contributed by atoms with E-state index < -0.39 is 4.92 Å². The number of hydrogen-bond donors (Lipinski definition) is 0. The van der Waals surface area contributed by atoms with Crippen molar-refractivity contribution in [3.05, 3.63) is 73.0 Å². The molecule has 0 atom stereocenters. The standard InChI is InChI=1S/C18H14N4O3S/c1-20(2)14-8-7-11(9-15(14)22(24)25)10-16-17(23)21-13-6-4-3-5-12(13)19-18(21)26-16/h3-10H,1-2H3. The van der Waals surface area contributed by atoms with Gasteiger partial charge < -0.3 is 4.90 Å². The summed E-state index contributed by atoms with van der Waals surface area (Å²) < 4.78 is 2.07. The van der Waals surface area contributed by atoms with Gasteiger partial charge in [-0.3, -0.25) is 14.9 Å². The van der Waals surface area contributed by atoms with E-state index in [0.29, 0.717) is 20.7 Å². The molecular weight excluding hydrogens is 352 g/mol. The highest BCUT2D eigenvalue weighted by Gasteiger charge is 2.16. The second-order valence-corrected chi connectivity index (χ2v) is 7.04. The second kappa shape index (κ2) is 5.92. The van der Waals surface area contributed by atoms with Gasteiger partial charge in [0.15, 0.2) is 4.96 Å². The molecule has 0 unspecified atom stereocenters. The number of thiazole rings is 1. The van der Waals surface area contributed by atoms with E-state index in [1.165, 1.54) is 17.4 Å². The van der Waals surface area contributed by atoms with Crippen molar-refractivity contribution in [1.82, 2.24) is 9.38 Å². The van der Waals surface area contributed by atoms with Crippen molar-refractivity contribution in [2.75, 3.05) is 19.0 Å². The highest BCUT2D eigenvalue weighted by molar-refractivity contribution is 7.15. The third-order valence-electron chi connectivity index (χ3n) is 4.12. The molecule has 0 aliphatic heterocycles. The molecule has 0 spiro atoms. The first-order valence-electron chi connectivity index (χ1n) is 7.83. The number of imidazole rings is 1. The Labute approximate surface area is 151 Å². The van der Waals surface area contributed by atoms with E-state index in [9.17, 15) is 14.9 Å². The van der Waals surface area contributed by atoms with E-state index in [2.05, 4.69) is 4.98 Å². The Bertz CT molecular complexity index is 1270. The predicted octanol–water partition coefficient (Wildman–Crippen LogP) is 2.43. The maximum Gasteiger partial charge on any atom is 0.293 e. The van der Waals surface area contributed by atoms with E-state index in [4.69, 9.17) is 0 Å². The Morgan fingerprint density at radius 3 is 2.73 bits per heavy atom. The monoisotopic (exact) mass is 366 g/mol. The maximum absolute atomic E-state index is 12.8. The number of rotatable bonds is 3. The molecule has 4 rings (SSSR count). The summed E-state index contributed by atoms with van der Waals surface area (Å²) in [6, 6.07) is 12.4. The third kappa shape index (κ3) is 2.51. The van der Waals surface area contributed by atoms with Crippen LogP contribution in [0.1, 0.15) is 5.56 Å². The minimum atomic E-state index is -0.417. The molecule has 0 radical (unpaired) electrons. The molecule has 7 nitrogen and oxygen atoms in total. The second-order valence-electron chi connectivity index (χ2n) is 6.03. The Kier molecular flexibility index (Phi) is 3.69. The minimum absolute atomic E-state index is 0.00276. The van der Waals surface area contributed by atoms with Gasteiger partial charge in [-0.25, -0.2) is 9.38 Å². The van der Waals surface area contributed by atoms with E-state index in [-0.39, 0.29) is 11.2 Å². The number of anilines is 1. The van der Waals surface area contributed by atoms with Crippen LogP contribution in [0, 0.1) is 10.1 Å². The average Bonchev–Trinajstić information content (AvgIpc) is 3.11. The number of aromatic nitrogens is 2. The fourth-order valence-corrected chi connectivity index (χ4v) is 3.90. The Morgan fingerprint density at radius 2 is 2.00 bits per heavy atom. The molecule has 4 aromatic rings. The van der Waals surface area contributed by atoms with Crippen molar-refractivity contribution >= 4 is 44.8 Å². The number of benzene rings is 2. The van der Waals surface area contributed by atoms with Crippen molar-refractivity contribution in [2.24, 2.45) is 0 Å². The van der Waals surface area contributed by atoms with Crippen molar-refractivity contribution in [2.45, 2.75) is 0 Å². The van der Waals surface area contributed by atoms with Crippen LogP contribution in [-0.2, 0) is 0 Å². The third-order valence-corrected chi connectivity index (χ3v) is 5.09. The molecule has 0 aliphatic carbocycles.